The number of nitrogens with zero attached hydrogens (tertiary/aromatic N) is 3. The van der Waals surface area contributed by atoms with Crippen molar-refractivity contribution in [2.45, 2.75) is 38.1 Å². The normalized spacial score (nSPS) is 17.7. The zero-order valence-electron chi connectivity index (χ0n) is 16.8. The number of hydrogen-bond acceptors (Lipinski definition) is 4. The highest BCUT2D eigenvalue weighted by atomic mass is 19.1. The van der Waals surface area contributed by atoms with E-state index in [9.17, 15) is 18.8 Å². The lowest BCUT2D eigenvalue weighted by Gasteiger charge is -2.23. The zero-order chi connectivity index (χ0) is 21.3. The van der Waals surface area contributed by atoms with Crippen molar-refractivity contribution in [3.8, 4) is 5.69 Å². The summed E-state index contributed by atoms with van der Waals surface area (Å²) in [6.07, 6.45) is 3.62. The first-order valence-corrected chi connectivity index (χ1v) is 10.2. The molecule has 0 bridgehead atoms. The van der Waals surface area contributed by atoms with Crippen LogP contribution in [0.1, 0.15) is 41.0 Å². The summed E-state index contributed by atoms with van der Waals surface area (Å²) in [5.74, 6) is -1.38. The van der Waals surface area contributed by atoms with E-state index in [2.05, 4.69) is 15.7 Å². The van der Waals surface area contributed by atoms with Gasteiger partial charge in [-0.3, -0.25) is 14.4 Å². The van der Waals surface area contributed by atoms with Gasteiger partial charge in [-0.2, -0.15) is 5.10 Å². The molecule has 1 fully saturated rings. The van der Waals surface area contributed by atoms with Gasteiger partial charge in [0, 0.05) is 24.8 Å². The Labute approximate surface area is 173 Å². The molecule has 9 heteroatoms. The maximum atomic E-state index is 14.3. The van der Waals surface area contributed by atoms with Gasteiger partial charge in [-0.15, -0.1) is 0 Å². The largest absolute Gasteiger partial charge is 0.357 e. The van der Waals surface area contributed by atoms with Crippen molar-refractivity contribution < 1.29 is 18.8 Å². The lowest BCUT2D eigenvalue weighted by Crippen LogP contribution is -2.48. The van der Waals surface area contributed by atoms with Crippen LogP contribution >= 0.6 is 0 Å². The zero-order valence-corrected chi connectivity index (χ0v) is 16.8. The first-order chi connectivity index (χ1) is 14.5. The Morgan fingerprint density at radius 1 is 1.20 bits per heavy atom. The molecule has 2 aromatic rings. The third-order valence-corrected chi connectivity index (χ3v) is 5.75. The van der Waals surface area contributed by atoms with Crippen LogP contribution in [0.2, 0.25) is 0 Å². The summed E-state index contributed by atoms with van der Waals surface area (Å²) >= 11 is 0. The van der Waals surface area contributed by atoms with Crippen LogP contribution < -0.4 is 10.6 Å². The van der Waals surface area contributed by atoms with Crippen LogP contribution in [0.25, 0.3) is 5.69 Å². The molecule has 3 amide bonds. The van der Waals surface area contributed by atoms with Crippen LogP contribution in [-0.2, 0) is 22.4 Å². The maximum Gasteiger partial charge on any atom is 0.272 e. The molecule has 158 valence electrons. The maximum absolute atomic E-state index is 14.3. The first kappa shape index (κ1) is 20.1. The number of carbonyl (C=O) groups excluding carboxylic acids is 3. The quantitative estimate of drug-likeness (QED) is 0.763. The predicted octanol–water partition coefficient (Wildman–Crippen LogP) is 0.967. The van der Waals surface area contributed by atoms with Crippen molar-refractivity contribution in [1.29, 1.82) is 0 Å². The number of likely N-dealkylation sites (tertiary alicyclic amines) is 1. The molecule has 1 aliphatic heterocycles. The minimum Gasteiger partial charge on any atom is -0.357 e. The van der Waals surface area contributed by atoms with E-state index >= 15 is 0 Å². The van der Waals surface area contributed by atoms with Gasteiger partial charge >= 0.3 is 0 Å². The van der Waals surface area contributed by atoms with Crippen molar-refractivity contribution in [1.82, 2.24) is 25.3 Å². The number of likely N-dealkylation sites (N-methyl/N-ethyl adjacent to an activating group) is 1. The molecule has 2 N–H and O–H groups in total. The predicted molar refractivity (Wildman–Crippen MR) is 107 cm³/mol. The smallest absolute Gasteiger partial charge is 0.272 e. The molecule has 30 heavy (non-hydrogen) atoms. The Morgan fingerprint density at radius 2 is 2.00 bits per heavy atom. The Morgan fingerprint density at radius 3 is 2.77 bits per heavy atom. The summed E-state index contributed by atoms with van der Waals surface area (Å²) in [5.41, 5.74) is 2.16. The molecule has 0 radical (unpaired) electrons. The fourth-order valence-electron chi connectivity index (χ4n) is 4.29. The lowest BCUT2D eigenvalue weighted by atomic mass is 10.2. The fourth-order valence-corrected chi connectivity index (χ4v) is 4.29. The lowest BCUT2D eigenvalue weighted by molar-refractivity contribution is -0.137. The summed E-state index contributed by atoms with van der Waals surface area (Å²) in [4.78, 5) is 38.8. The average molecular weight is 413 g/mol. The van der Waals surface area contributed by atoms with Crippen LogP contribution in [0.15, 0.2) is 24.3 Å². The van der Waals surface area contributed by atoms with E-state index in [0.717, 1.165) is 24.1 Å². The second-order valence-corrected chi connectivity index (χ2v) is 7.53. The van der Waals surface area contributed by atoms with Gasteiger partial charge in [0.2, 0.25) is 11.8 Å². The number of nitrogens with one attached hydrogen (secondary N) is 2. The summed E-state index contributed by atoms with van der Waals surface area (Å²) in [5, 5.41) is 9.57. The van der Waals surface area contributed by atoms with Crippen LogP contribution in [0.4, 0.5) is 4.39 Å². The van der Waals surface area contributed by atoms with Crippen molar-refractivity contribution in [2.24, 2.45) is 0 Å². The van der Waals surface area contributed by atoms with Gasteiger partial charge < -0.3 is 15.5 Å². The highest BCUT2D eigenvalue weighted by Gasteiger charge is 2.34. The third-order valence-electron chi connectivity index (χ3n) is 5.75. The monoisotopic (exact) mass is 413 g/mol. The Bertz CT molecular complexity index is 1000. The van der Waals surface area contributed by atoms with Crippen molar-refractivity contribution >= 4 is 17.7 Å². The van der Waals surface area contributed by atoms with E-state index in [0.29, 0.717) is 31.5 Å². The highest BCUT2D eigenvalue weighted by molar-refractivity contribution is 5.97. The summed E-state index contributed by atoms with van der Waals surface area (Å²) in [7, 11) is 1.54. The van der Waals surface area contributed by atoms with Crippen LogP contribution in [0, 0.1) is 5.82 Å². The number of aromatic nitrogens is 2. The van der Waals surface area contributed by atoms with Gasteiger partial charge in [0.15, 0.2) is 5.69 Å². The third kappa shape index (κ3) is 3.55. The number of benzene rings is 1. The Balaban J connectivity index is 1.50. The van der Waals surface area contributed by atoms with Gasteiger partial charge in [-0.05, 0) is 44.2 Å². The molecule has 1 aliphatic carbocycles. The Hall–Kier alpha value is -3.23. The Kier molecular flexibility index (Phi) is 5.52. The number of para-hydroxylation sites is 1. The molecule has 1 atom stereocenters. The molecular weight excluding hydrogens is 389 g/mol. The van der Waals surface area contributed by atoms with Crippen molar-refractivity contribution in [2.75, 3.05) is 20.1 Å². The first-order valence-electron chi connectivity index (χ1n) is 10.2. The van der Waals surface area contributed by atoms with Gasteiger partial charge in [-0.1, -0.05) is 12.1 Å². The number of rotatable bonds is 5. The molecule has 2 aliphatic rings. The molecule has 1 unspecified atom stereocenters. The number of halogens is 1. The summed E-state index contributed by atoms with van der Waals surface area (Å²) < 4.78 is 15.8. The van der Waals surface area contributed by atoms with Gasteiger partial charge in [0.05, 0.1) is 6.54 Å². The average Bonchev–Trinajstić information content (AvgIpc) is 3.48. The number of amides is 3. The highest BCUT2D eigenvalue weighted by Crippen LogP contribution is 2.28. The minimum atomic E-state index is -0.496. The van der Waals surface area contributed by atoms with Gasteiger partial charge in [-0.25, -0.2) is 9.07 Å². The molecule has 0 spiro atoms. The van der Waals surface area contributed by atoms with E-state index in [-0.39, 0.29) is 24.1 Å². The van der Waals surface area contributed by atoms with E-state index in [1.54, 1.807) is 18.2 Å². The molecule has 2 heterocycles. The molecular formula is C21H24FN5O3. The molecule has 1 aromatic heterocycles. The van der Waals surface area contributed by atoms with E-state index in [1.165, 1.54) is 22.7 Å². The summed E-state index contributed by atoms with van der Waals surface area (Å²) in [6.45, 7) is 0.276. The SMILES string of the molecule is CNC(=O)C1CCCN1C(=O)CNC(=O)c1nn(-c2ccccc2F)c2c1CCC2. The minimum absolute atomic E-state index is 0.200. The standard InChI is InChI=1S/C21H24FN5O3/c1-23-20(29)17-10-5-11-26(17)18(28)12-24-21(30)19-13-6-4-9-15(13)27(25-19)16-8-3-2-7-14(16)22/h2-3,7-8,17H,4-6,9-12H2,1H3,(H,23,29)(H,24,30). The second-order valence-electron chi connectivity index (χ2n) is 7.53. The second kappa shape index (κ2) is 8.25. The van der Waals surface area contributed by atoms with Crippen LogP contribution in [0.3, 0.4) is 0 Å². The van der Waals surface area contributed by atoms with Crippen LogP contribution in [0.5, 0.6) is 0 Å². The molecule has 1 aromatic carbocycles. The summed E-state index contributed by atoms with van der Waals surface area (Å²) in [6, 6.07) is 5.81. The van der Waals surface area contributed by atoms with Crippen LogP contribution in [-0.4, -0.2) is 58.6 Å². The van der Waals surface area contributed by atoms with E-state index < -0.39 is 17.8 Å². The molecule has 4 rings (SSSR count). The van der Waals surface area contributed by atoms with Gasteiger partial charge in [0.25, 0.3) is 5.91 Å². The number of hydrogen-bond donors (Lipinski definition) is 2. The van der Waals surface area contributed by atoms with E-state index in [4.69, 9.17) is 0 Å². The topological polar surface area (TPSA) is 96.3 Å². The van der Waals surface area contributed by atoms with Crippen molar-refractivity contribution in [3.63, 3.8) is 0 Å². The molecule has 1 saturated heterocycles. The van der Waals surface area contributed by atoms with Crippen molar-refractivity contribution in [3.05, 3.63) is 47.0 Å². The fraction of sp³-hybridized carbons (Fsp3) is 0.429. The molecule has 8 nitrogen and oxygen atoms in total. The number of fused-ring (bicyclic) bond motifs is 1. The van der Waals surface area contributed by atoms with Gasteiger partial charge in [0.1, 0.15) is 17.5 Å². The van der Waals surface area contributed by atoms with E-state index in [1.807, 2.05) is 0 Å². The number of carbonyl (C=O) groups is 3. The molecule has 0 saturated carbocycles.